The molecule has 2 heterocycles. The van der Waals surface area contributed by atoms with E-state index >= 15 is 0 Å². The average molecular weight is 472 g/mol. The van der Waals surface area contributed by atoms with Crippen molar-refractivity contribution in [2.24, 2.45) is 10.9 Å². The zero-order chi connectivity index (χ0) is 23.5. The van der Waals surface area contributed by atoms with Crippen LogP contribution in [0.15, 0.2) is 96.0 Å². The molecule has 0 aliphatic carbocycles. The van der Waals surface area contributed by atoms with Gasteiger partial charge >= 0.3 is 6.09 Å². The number of nitrogens with zero attached hydrogens (tertiary/aromatic N) is 3. The van der Waals surface area contributed by atoms with E-state index in [-0.39, 0.29) is 18.4 Å². The number of carboxylic acid groups (broad SMARTS) is 1. The monoisotopic (exact) mass is 471 g/mol. The maximum Gasteiger partial charge on any atom is 0.407 e. The lowest BCUT2D eigenvalue weighted by atomic mass is 9.82. The molecular formula is C27H25N3O3S. The largest absolute Gasteiger partial charge is 0.465 e. The predicted octanol–water partition coefficient (Wildman–Crippen LogP) is 4.94. The summed E-state index contributed by atoms with van der Waals surface area (Å²) in [6.45, 7) is 1.09. The first-order valence-corrected chi connectivity index (χ1v) is 12.2. The molecule has 5 rings (SSSR count). The second-order valence-corrected chi connectivity index (χ2v) is 9.59. The number of likely N-dealkylation sites (tertiary alicyclic amines) is 1. The molecule has 7 heteroatoms. The highest BCUT2D eigenvalue weighted by Crippen LogP contribution is 2.46. The fraction of sp³-hybridized carbons (Fsp3) is 0.222. The van der Waals surface area contributed by atoms with Gasteiger partial charge in [0.15, 0.2) is 5.17 Å². The van der Waals surface area contributed by atoms with Gasteiger partial charge in [0.05, 0.1) is 13.1 Å². The Labute approximate surface area is 202 Å². The smallest absolute Gasteiger partial charge is 0.407 e. The van der Waals surface area contributed by atoms with Crippen molar-refractivity contribution in [3.8, 4) is 0 Å². The Morgan fingerprint density at radius 2 is 1.59 bits per heavy atom. The summed E-state index contributed by atoms with van der Waals surface area (Å²) in [5.74, 6) is 0.598. The lowest BCUT2D eigenvalue weighted by molar-refractivity contribution is 0.0841. The van der Waals surface area contributed by atoms with Gasteiger partial charge in [-0.2, -0.15) is 0 Å². The van der Waals surface area contributed by atoms with Crippen LogP contribution < -0.4 is 0 Å². The minimum Gasteiger partial charge on any atom is -0.465 e. The quantitative estimate of drug-likeness (QED) is 0.585. The molecule has 0 spiro atoms. The number of carbonyl (C=O) groups is 2. The standard InChI is InChI=1S/C27H25N3O3S/c31-24(21-12-6-2-7-13-21)30(16-20-10-4-1-5-11-20)25-28-27(22-14-8-3-9-15-22)19-29(26(32)33)17-23(27)18-34-25/h1-15,23H,16-19H2,(H,32,33)/t23-,27+/m0/s1. The molecule has 2 atom stereocenters. The summed E-state index contributed by atoms with van der Waals surface area (Å²) >= 11 is 1.53. The van der Waals surface area contributed by atoms with Gasteiger partial charge in [-0.25, -0.2) is 9.79 Å². The number of hydrogen-bond acceptors (Lipinski definition) is 4. The van der Waals surface area contributed by atoms with Gasteiger partial charge in [0, 0.05) is 23.8 Å². The van der Waals surface area contributed by atoms with Crippen molar-refractivity contribution in [3.05, 3.63) is 108 Å². The fourth-order valence-electron chi connectivity index (χ4n) is 4.73. The first-order chi connectivity index (χ1) is 16.6. The Morgan fingerprint density at radius 1 is 0.971 bits per heavy atom. The highest BCUT2D eigenvalue weighted by Gasteiger charge is 2.52. The average Bonchev–Trinajstić information content (AvgIpc) is 3.29. The molecule has 2 aliphatic heterocycles. The molecule has 0 aromatic heterocycles. The molecule has 172 valence electrons. The van der Waals surface area contributed by atoms with E-state index < -0.39 is 11.6 Å². The van der Waals surface area contributed by atoms with Crippen LogP contribution in [-0.2, 0) is 12.1 Å². The van der Waals surface area contributed by atoms with Gasteiger partial charge in [-0.15, -0.1) is 0 Å². The Bertz CT molecular complexity index is 1200. The molecule has 0 unspecified atom stereocenters. The van der Waals surface area contributed by atoms with Crippen LogP contribution in [0.3, 0.4) is 0 Å². The summed E-state index contributed by atoms with van der Waals surface area (Å²) in [7, 11) is 0. The molecule has 1 N–H and O–H groups in total. The zero-order valence-electron chi connectivity index (χ0n) is 18.6. The van der Waals surface area contributed by atoms with Gasteiger partial charge in [0.25, 0.3) is 5.91 Å². The van der Waals surface area contributed by atoms with Crippen LogP contribution in [-0.4, -0.2) is 50.9 Å². The minimum atomic E-state index is -0.937. The highest BCUT2D eigenvalue weighted by atomic mass is 32.2. The van der Waals surface area contributed by atoms with Crippen molar-refractivity contribution in [1.29, 1.82) is 0 Å². The molecule has 2 aliphatic rings. The van der Waals surface area contributed by atoms with Crippen molar-refractivity contribution in [2.45, 2.75) is 12.1 Å². The van der Waals surface area contributed by atoms with Crippen molar-refractivity contribution in [2.75, 3.05) is 18.8 Å². The van der Waals surface area contributed by atoms with Crippen LogP contribution in [0.1, 0.15) is 21.5 Å². The molecule has 2 amide bonds. The molecule has 0 bridgehead atoms. The van der Waals surface area contributed by atoms with E-state index in [4.69, 9.17) is 4.99 Å². The van der Waals surface area contributed by atoms with Gasteiger partial charge in [0.1, 0.15) is 5.54 Å². The first-order valence-electron chi connectivity index (χ1n) is 11.2. The summed E-state index contributed by atoms with van der Waals surface area (Å²) in [5.41, 5.74) is 1.86. The lowest BCUT2D eigenvalue weighted by Gasteiger charge is -2.38. The van der Waals surface area contributed by atoms with Crippen LogP contribution in [0, 0.1) is 5.92 Å². The van der Waals surface area contributed by atoms with Gasteiger partial charge in [-0.05, 0) is 23.3 Å². The molecule has 3 aromatic rings. The molecule has 1 saturated heterocycles. The van der Waals surface area contributed by atoms with Crippen LogP contribution in [0.5, 0.6) is 0 Å². The van der Waals surface area contributed by atoms with Gasteiger partial charge in [-0.3, -0.25) is 9.69 Å². The van der Waals surface area contributed by atoms with Crippen LogP contribution in [0.2, 0.25) is 0 Å². The Balaban J connectivity index is 1.59. The summed E-state index contributed by atoms with van der Waals surface area (Å²) in [6, 6.07) is 29.0. The van der Waals surface area contributed by atoms with Crippen LogP contribution in [0.25, 0.3) is 0 Å². The van der Waals surface area contributed by atoms with E-state index in [9.17, 15) is 14.7 Å². The fourth-order valence-corrected chi connectivity index (χ4v) is 5.99. The summed E-state index contributed by atoms with van der Waals surface area (Å²) in [4.78, 5) is 33.9. The summed E-state index contributed by atoms with van der Waals surface area (Å²) < 4.78 is 0. The third-order valence-electron chi connectivity index (χ3n) is 6.48. The minimum absolute atomic E-state index is 0.0325. The number of hydrogen-bond donors (Lipinski definition) is 1. The van der Waals surface area contributed by atoms with E-state index in [1.807, 2.05) is 91.0 Å². The SMILES string of the molecule is O=C(O)N1C[C@H]2CSC(N(Cc3ccccc3)C(=O)c3ccccc3)=N[C@@]2(c2ccccc2)C1. The molecule has 6 nitrogen and oxygen atoms in total. The Kier molecular flexibility index (Phi) is 6.11. The van der Waals surface area contributed by atoms with E-state index in [0.717, 1.165) is 11.1 Å². The van der Waals surface area contributed by atoms with E-state index in [0.29, 0.717) is 29.6 Å². The number of amides is 2. The van der Waals surface area contributed by atoms with Crippen LogP contribution in [0.4, 0.5) is 4.79 Å². The third kappa shape index (κ3) is 4.19. The third-order valence-corrected chi connectivity index (χ3v) is 7.62. The molecule has 1 fully saturated rings. The second-order valence-electron chi connectivity index (χ2n) is 8.60. The van der Waals surface area contributed by atoms with Crippen molar-refractivity contribution >= 4 is 28.9 Å². The van der Waals surface area contributed by atoms with Crippen LogP contribution >= 0.6 is 11.8 Å². The predicted molar refractivity (Wildman–Crippen MR) is 134 cm³/mol. The normalized spacial score (nSPS) is 21.5. The topological polar surface area (TPSA) is 73.2 Å². The summed E-state index contributed by atoms with van der Waals surface area (Å²) in [5, 5.41) is 10.4. The van der Waals surface area contributed by atoms with Gasteiger partial charge in [0.2, 0.25) is 0 Å². The lowest BCUT2D eigenvalue weighted by Crippen LogP contribution is -2.44. The molecule has 0 radical (unpaired) electrons. The van der Waals surface area contributed by atoms with E-state index in [2.05, 4.69) is 0 Å². The highest BCUT2D eigenvalue weighted by molar-refractivity contribution is 8.13. The number of carbonyl (C=O) groups excluding carboxylic acids is 1. The maximum atomic E-state index is 13.7. The molecular weight excluding hydrogens is 446 g/mol. The van der Waals surface area contributed by atoms with Gasteiger partial charge in [-0.1, -0.05) is 90.6 Å². The van der Waals surface area contributed by atoms with E-state index in [1.54, 1.807) is 4.90 Å². The van der Waals surface area contributed by atoms with Crippen molar-refractivity contribution in [1.82, 2.24) is 9.80 Å². The maximum absolute atomic E-state index is 13.7. The number of benzene rings is 3. The number of amidine groups is 1. The molecule has 0 saturated carbocycles. The zero-order valence-corrected chi connectivity index (χ0v) is 19.4. The molecule has 34 heavy (non-hydrogen) atoms. The number of thioether (sulfide) groups is 1. The molecule has 3 aromatic carbocycles. The first kappa shape index (κ1) is 22.2. The Morgan fingerprint density at radius 3 is 2.24 bits per heavy atom. The number of fused-ring (bicyclic) bond motifs is 1. The van der Waals surface area contributed by atoms with Gasteiger partial charge < -0.3 is 10.0 Å². The summed E-state index contributed by atoms with van der Waals surface area (Å²) in [6.07, 6.45) is -0.937. The number of rotatable bonds is 4. The second kappa shape index (κ2) is 9.35. The van der Waals surface area contributed by atoms with E-state index in [1.165, 1.54) is 16.7 Å². The van der Waals surface area contributed by atoms with Crippen molar-refractivity contribution in [3.63, 3.8) is 0 Å². The van der Waals surface area contributed by atoms with Crippen molar-refractivity contribution < 1.29 is 14.7 Å². The Hall–Kier alpha value is -3.58. The number of aliphatic imine (C=N–C) groups is 1.